The van der Waals surface area contributed by atoms with Crippen LogP contribution in [0.5, 0.6) is 0 Å². The van der Waals surface area contributed by atoms with Crippen molar-refractivity contribution in [3.63, 3.8) is 0 Å². The van der Waals surface area contributed by atoms with Crippen LogP contribution >= 0.6 is 0 Å². The van der Waals surface area contributed by atoms with Crippen LogP contribution in [-0.2, 0) is 12.6 Å². The van der Waals surface area contributed by atoms with E-state index in [0.717, 1.165) is 28.0 Å². The van der Waals surface area contributed by atoms with E-state index in [1.165, 1.54) is 4.90 Å². The fourth-order valence-corrected chi connectivity index (χ4v) is 4.33. The summed E-state index contributed by atoms with van der Waals surface area (Å²) in [6.45, 7) is -0.744. The molecule has 0 bridgehead atoms. The van der Waals surface area contributed by atoms with Crippen LogP contribution in [-0.4, -0.2) is 59.7 Å². The second kappa shape index (κ2) is 7.20. The minimum atomic E-state index is -4.27. The molecule has 0 saturated carbocycles. The Kier molecular flexibility index (Phi) is 4.56. The molecule has 0 N–H and O–H groups in total. The van der Waals surface area contributed by atoms with Gasteiger partial charge in [-0.15, -0.1) is 0 Å². The van der Waals surface area contributed by atoms with Gasteiger partial charge in [-0.2, -0.15) is 28.6 Å². The first-order chi connectivity index (χ1) is 15.3. The summed E-state index contributed by atoms with van der Waals surface area (Å²) in [5.41, 5.74) is 3.48. The number of nitrogens with zero attached hydrogens (tertiary/aromatic N) is 8. The Morgan fingerprint density at radius 1 is 1.09 bits per heavy atom. The summed E-state index contributed by atoms with van der Waals surface area (Å²) in [7, 11) is 1.85. The van der Waals surface area contributed by atoms with E-state index < -0.39 is 18.3 Å². The van der Waals surface area contributed by atoms with Gasteiger partial charge in [0.25, 0.3) is 0 Å². The molecule has 0 aromatic carbocycles. The SMILES string of the molecule is Cn1cc(-c2cc(-c3cnn(C4(CC#N)CN(CC(F)(F)F)C4)c3)n3ccnc3c2)cn1. The molecular weight excluding hydrogens is 421 g/mol. The van der Waals surface area contributed by atoms with Gasteiger partial charge in [-0.1, -0.05) is 0 Å². The number of hydrogen-bond donors (Lipinski definition) is 0. The predicted octanol–water partition coefficient (Wildman–Crippen LogP) is 3.09. The summed E-state index contributed by atoms with van der Waals surface area (Å²) in [6, 6.07) is 6.07. The van der Waals surface area contributed by atoms with E-state index in [1.54, 1.807) is 34.2 Å². The minimum absolute atomic E-state index is 0.0820. The van der Waals surface area contributed by atoms with Gasteiger partial charge in [0.2, 0.25) is 0 Å². The summed E-state index contributed by atoms with van der Waals surface area (Å²) in [5, 5.41) is 18.0. The number of nitriles is 1. The number of likely N-dealkylation sites (tertiary alicyclic amines) is 1. The molecular formula is C21H19F3N8. The Hall–Kier alpha value is -3.65. The molecule has 0 spiro atoms. The van der Waals surface area contributed by atoms with Crippen molar-refractivity contribution < 1.29 is 13.2 Å². The number of hydrogen-bond acceptors (Lipinski definition) is 5. The zero-order valence-electron chi connectivity index (χ0n) is 17.2. The smallest absolute Gasteiger partial charge is 0.300 e. The van der Waals surface area contributed by atoms with Gasteiger partial charge in [-0.05, 0) is 17.7 Å². The summed E-state index contributed by atoms with van der Waals surface area (Å²) >= 11 is 0. The van der Waals surface area contributed by atoms with Crippen LogP contribution in [0.3, 0.4) is 0 Å². The molecule has 1 fully saturated rings. The van der Waals surface area contributed by atoms with Crippen LogP contribution in [0.25, 0.3) is 28.0 Å². The van der Waals surface area contributed by atoms with Crippen molar-refractivity contribution in [2.45, 2.75) is 18.1 Å². The molecule has 0 atom stereocenters. The van der Waals surface area contributed by atoms with Crippen molar-refractivity contribution in [1.82, 2.24) is 33.8 Å². The Bertz CT molecular complexity index is 1320. The van der Waals surface area contributed by atoms with Gasteiger partial charge < -0.3 is 0 Å². The van der Waals surface area contributed by atoms with Crippen molar-refractivity contribution in [3.05, 3.63) is 49.3 Å². The van der Waals surface area contributed by atoms with Crippen LogP contribution in [0.1, 0.15) is 6.42 Å². The number of alkyl halides is 3. The first-order valence-electron chi connectivity index (χ1n) is 9.94. The lowest BCUT2D eigenvalue weighted by molar-refractivity contribution is -0.167. The summed E-state index contributed by atoms with van der Waals surface area (Å²) in [5.74, 6) is 0. The number of aromatic nitrogens is 6. The van der Waals surface area contributed by atoms with E-state index in [1.807, 2.05) is 36.0 Å². The highest BCUT2D eigenvalue weighted by Gasteiger charge is 2.48. The highest BCUT2D eigenvalue weighted by Crippen LogP contribution is 2.36. The van der Waals surface area contributed by atoms with Crippen molar-refractivity contribution >= 4 is 5.65 Å². The topological polar surface area (TPSA) is 80.0 Å². The van der Waals surface area contributed by atoms with Crippen molar-refractivity contribution in [1.29, 1.82) is 5.26 Å². The molecule has 0 unspecified atom stereocenters. The van der Waals surface area contributed by atoms with E-state index in [0.29, 0.717) is 0 Å². The molecule has 0 aliphatic carbocycles. The molecule has 32 heavy (non-hydrogen) atoms. The van der Waals surface area contributed by atoms with E-state index in [2.05, 4.69) is 21.3 Å². The van der Waals surface area contributed by atoms with E-state index in [-0.39, 0.29) is 19.5 Å². The number of fused-ring (bicyclic) bond motifs is 1. The first-order valence-corrected chi connectivity index (χ1v) is 9.94. The fraction of sp³-hybridized carbons (Fsp3) is 0.333. The third-order valence-corrected chi connectivity index (χ3v) is 5.76. The van der Waals surface area contributed by atoms with Crippen LogP contribution in [0.4, 0.5) is 13.2 Å². The monoisotopic (exact) mass is 440 g/mol. The molecule has 8 nitrogen and oxygen atoms in total. The Labute approximate surface area is 181 Å². The van der Waals surface area contributed by atoms with Crippen molar-refractivity contribution in [3.8, 4) is 28.5 Å². The van der Waals surface area contributed by atoms with Gasteiger partial charge in [-0.3, -0.25) is 18.7 Å². The van der Waals surface area contributed by atoms with E-state index in [9.17, 15) is 18.4 Å². The normalized spacial score (nSPS) is 16.2. The second-order valence-electron chi connectivity index (χ2n) is 8.18. The minimum Gasteiger partial charge on any atom is -0.300 e. The largest absolute Gasteiger partial charge is 0.401 e. The molecule has 4 aromatic rings. The molecule has 1 aliphatic rings. The average molecular weight is 440 g/mol. The maximum Gasteiger partial charge on any atom is 0.401 e. The van der Waals surface area contributed by atoms with Crippen LogP contribution in [0, 0.1) is 11.3 Å². The number of rotatable bonds is 5. The summed E-state index contributed by atoms with van der Waals surface area (Å²) < 4.78 is 43.5. The Morgan fingerprint density at radius 3 is 2.56 bits per heavy atom. The lowest BCUT2D eigenvalue weighted by atomic mass is 9.87. The molecule has 1 saturated heterocycles. The summed E-state index contributed by atoms with van der Waals surface area (Å²) in [6.07, 6.45) is 6.51. The lowest BCUT2D eigenvalue weighted by Gasteiger charge is -2.49. The van der Waals surface area contributed by atoms with Gasteiger partial charge >= 0.3 is 6.18 Å². The van der Waals surface area contributed by atoms with Gasteiger partial charge in [0.1, 0.15) is 11.2 Å². The zero-order chi connectivity index (χ0) is 22.5. The standard InChI is InChI=1S/C21H19F3N8/c1-29-10-16(8-27-29)15-6-18(31-5-4-26-19(31)7-15)17-9-28-32(11-17)20(2-3-25)12-30(13-20)14-21(22,23)24/h4-11H,2,12-14H2,1H3. The third-order valence-electron chi connectivity index (χ3n) is 5.76. The summed E-state index contributed by atoms with van der Waals surface area (Å²) in [4.78, 5) is 5.69. The van der Waals surface area contributed by atoms with Gasteiger partial charge in [0.15, 0.2) is 0 Å². The number of pyridine rings is 1. The van der Waals surface area contributed by atoms with Crippen LogP contribution < -0.4 is 0 Å². The quantitative estimate of drug-likeness (QED) is 0.477. The van der Waals surface area contributed by atoms with Gasteiger partial charge in [0, 0.05) is 56.1 Å². The zero-order valence-corrected chi connectivity index (χ0v) is 17.2. The highest BCUT2D eigenvalue weighted by molar-refractivity contribution is 5.74. The van der Waals surface area contributed by atoms with Crippen LogP contribution in [0.15, 0.2) is 49.3 Å². The Balaban J connectivity index is 1.51. The maximum atomic E-state index is 12.7. The number of aryl methyl sites for hydroxylation is 1. The van der Waals surface area contributed by atoms with Crippen molar-refractivity contribution in [2.75, 3.05) is 19.6 Å². The molecule has 0 amide bonds. The number of imidazole rings is 1. The molecule has 5 heterocycles. The number of halogens is 3. The van der Waals surface area contributed by atoms with Crippen LogP contribution in [0.2, 0.25) is 0 Å². The molecule has 5 rings (SSSR count). The molecule has 11 heteroatoms. The molecule has 164 valence electrons. The Morgan fingerprint density at radius 2 is 1.88 bits per heavy atom. The van der Waals surface area contributed by atoms with Gasteiger partial charge in [0.05, 0.1) is 37.1 Å². The van der Waals surface area contributed by atoms with E-state index in [4.69, 9.17) is 0 Å². The fourth-order valence-electron chi connectivity index (χ4n) is 4.33. The first kappa shape index (κ1) is 20.3. The predicted molar refractivity (Wildman–Crippen MR) is 109 cm³/mol. The highest BCUT2D eigenvalue weighted by atomic mass is 19.4. The van der Waals surface area contributed by atoms with Gasteiger partial charge in [-0.25, -0.2) is 4.98 Å². The van der Waals surface area contributed by atoms with E-state index >= 15 is 0 Å². The average Bonchev–Trinajstić information content (AvgIpc) is 3.44. The molecule has 0 radical (unpaired) electrons. The maximum absolute atomic E-state index is 12.7. The molecule has 4 aromatic heterocycles. The second-order valence-corrected chi connectivity index (χ2v) is 8.18. The molecule has 1 aliphatic heterocycles. The third kappa shape index (κ3) is 3.52. The lowest BCUT2D eigenvalue weighted by Crippen LogP contribution is -2.64. The van der Waals surface area contributed by atoms with Crippen molar-refractivity contribution in [2.24, 2.45) is 7.05 Å².